The van der Waals surface area contributed by atoms with E-state index in [1.54, 1.807) is 12.4 Å². The molecule has 11 heavy (non-hydrogen) atoms. The molecule has 2 N–H and O–H groups in total. The van der Waals surface area contributed by atoms with Crippen molar-refractivity contribution in [1.82, 2.24) is 4.98 Å². The van der Waals surface area contributed by atoms with Crippen LogP contribution in [0.2, 0.25) is 0 Å². The molecule has 0 radical (unpaired) electrons. The summed E-state index contributed by atoms with van der Waals surface area (Å²) in [5.41, 5.74) is 10.7. The summed E-state index contributed by atoms with van der Waals surface area (Å²) >= 11 is 0. The van der Waals surface area contributed by atoms with Crippen molar-refractivity contribution in [3.05, 3.63) is 41.9 Å². The van der Waals surface area contributed by atoms with Gasteiger partial charge < -0.3 is 5.73 Å². The number of nitrogens with two attached hydrogens (primary N) is 1. The molecule has 0 bridgehead atoms. The van der Waals surface area contributed by atoms with E-state index in [4.69, 9.17) is 5.73 Å². The zero-order valence-electron chi connectivity index (χ0n) is 6.46. The number of hydrogen-bond acceptors (Lipinski definition) is 2. The molecule has 0 aliphatic rings. The van der Waals surface area contributed by atoms with E-state index in [1.165, 1.54) is 0 Å². The predicted molar refractivity (Wildman–Crippen MR) is 45.7 cm³/mol. The van der Waals surface area contributed by atoms with E-state index in [-0.39, 0.29) is 0 Å². The summed E-state index contributed by atoms with van der Waals surface area (Å²) in [5.74, 6) is 0. The highest BCUT2D eigenvalue weighted by molar-refractivity contribution is 5.61. The molecule has 0 aliphatic heterocycles. The highest BCUT2D eigenvalue weighted by Crippen LogP contribution is 2.06. The summed E-state index contributed by atoms with van der Waals surface area (Å²) in [7, 11) is 0. The first-order chi connectivity index (χ1) is 5.24. The van der Waals surface area contributed by atoms with E-state index < -0.39 is 0 Å². The molecule has 1 heterocycles. The maximum absolute atomic E-state index is 5.57. The van der Waals surface area contributed by atoms with Crippen molar-refractivity contribution in [1.29, 1.82) is 0 Å². The van der Waals surface area contributed by atoms with Crippen LogP contribution in [0.4, 0.5) is 0 Å². The minimum atomic E-state index is 0.543. The third-order valence-corrected chi connectivity index (χ3v) is 1.38. The molecule has 56 valence electrons. The number of nitrogens with zero attached hydrogens (tertiary/aromatic N) is 1. The largest absolute Gasteiger partial charge is 0.392 e. The van der Waals surface area contributed by atoms with Crippen LogP contribution in [0.25, 0.3) is 5.70 Å². The second-order valence-corrected chi connectivity index (χ2v) is 2.34. The van der Waals surface area contributed by atoms with Gasteiger partial charge in [0.1, 0.15) is 0 Å². The van der Waals surface area contributed by atoms with Crippen LogP contribution in [-0.4, -0.2) is 4.98 Å². The minimum Gasteiger partial charge on any atom is -0.392 e. The molecule has 2 heteroatoms. The third-order valence-electron chi connectivity index (χ3n) is 1.38. The summed E-state index contributed by atoms with van der Waals surface area (Å²) in [6.07, 6.45) is 3.47. The summed E-state index contributed by atoms with van der Waals surface area (Å²) in [6, 6.07) is 1.94. The van der Waals surface area contributed by atoms with E-state index in [0.29, 0.717) is 5.70 Å². The molecule has 1 aromatic heterocycles. The van der Waals surface area contributed by atoms with Crippen LogP contribution in [0.15, 0.2) is 30.8 Å². The van der Waals surface area contributed by atoms with Crippen molar-refractivity contribution in [2.24, 2.45) is 5.73 Å². The second-order valence-electron chi connectivity index (χ2n) is 2.34. The molecule has 0 saturated carbocycles. The molecule has 2 nitrogen and oxygen atoms in total. The normalized spacial score (nSPS) is 8.82. The van der Waals surface area contributed by atoms with Crippen molar-refractivity contribution < 1.29 is 0 Å². The Morgan fingerprint density at radius 1 is 1.64 bits per heavy atom. The maximum Gasteiger partial charge on any atom is 0.0830 e. The Bertz CT molecular complexity index is 309. The van der Waals surface area contributed by atoms with Crippen molar-refractivity contribution in [3.63, 3.8) is 0 Å². The Kier molecular flexibility index (Phi) is 2.09. The average Bonchev–Trinajstić information content (AvgIpc) is 2.03. The zero-order valence-corrected chi connectivity index (χ0v) is 6.46. The standard InChI is InChI=1S/C9H10N2/c1-3-9(10)8-4-7(2)5-11-6-8/h4-6H,1,10H2,2H3. The lowest BCUT2D eigenvalue weighted by Crippen LogP contribution is -1.95. The highest BCUT2D eigenvalue weighted by atomic mass is 14.6. The Hall–Kier alpha value is -1.53. The van der Waals surface area contributed by atoms with Gasteiger partial charge in [-0.1, -0.05) is 6.58 Å². The number of aromatic nitrogens is 1. The predicted octanol–water partition coefficient (Wildman–Crippen LogP) is 1.47. The lowest BCUT2D eigenvalue weighted by molar-refractivity contribution is 1.25. The highest BCUT2D eigenvalue weighted by Gasteiger charge is 1.94. The third kappa shape index (κ3) is 1.69. The molecule has 0 saturated heterocycles. The molecular weight excluding hydrogens is 136 g/mol. The monoisotopic (exact) mass is 146 g/mol. The number of rotatable bonds is 1. The fourth-order valence-electron chi connectivity index (χ4n) is 0.804. The van der Waals surface area contributed by atoms with Crippen molar-refractivity contribution >= 4 is 5.70 Å². The van der Waals surface area contributed by atoms with E-state index >= 15 is 0 Å². The van der Waals surface area contributed by atoms with Gasteiger partial charge in [0.2, 0.25) is 0 Å². The second kappa shape index (κ2) is 3.04. The molecule has 0 atom stereocenters. The Balaban J connectivity index is 3.15. The molecule has 0 fully saturated rings. The number of hydrogen-bond donors (Lipinski definition) is 1. The van der Waals surface area contributed by atoms with E-state index in [1.807, 2.05) is 13.0 Å². The van der Waals surface area contributed by atoms with Gasteiger partial charge in [-0.3, -0.25) is 4.98 Å². The molecule has 0 amide bonds. The van der Waals surface area contributed by atoms with Gasteiger partial charge in [-0.2, -0.15) is 0 Å². The summed E-state index contributed by atoms with van der Waals surface area (Å²) in [4.78, 5) is 3.98. The van der Waals surface area contributed by atoms with Gasteiger partial charge in [0.05, 0.1) is 5.70 Å². The SMILES string of the molecule is C=C=C(N)c1cncc(C)c1. The summed E-state index contributed by atoms with van der Waals surface area (Å²) in [5, 5.41) is 0. The van der Waals surface area contributed by atoms with Crippen LogP contribution in [0.1, 0.15) is 11.1 Å². The molecule has 0 spiro atoms. The maximum atomic E-state index is 5.57. The first-order valence-electron chi connectivity index (χ1n) is 3.31. The lowest BCUT2D eigenvalue weighted by Gasteiger charge is -1.97. The van der Waals surface area contributed by atoms with Crippen molar-refractivity contribution in [2.45, 2.75) is 6.92 Å². The van der Waals surface area contributed by atoms with Crippen LogP contribution in [0.5, 0.6) is 0 Å². The van der Waals surface area contributed by atoms with Crippen LogP contribution in [0.3, 0.4) is 0 Å². The van der Waals surface area contributed by atoms with Crippen molar-refractivity contribution in [3.8, 4) is 0 Å². The minimum absolute atomic E-state index is 0.543. The Labute approximate surface area is 66.1 Å². The van der Waals surface area contributed by atoms with Gasteiger partial charge in [-0.25, -0.2) is 0 Å². The van der Waals surface area contributed by atoms with Crippen LogP contribution in [-0.2, 0) is 0 Å². The lowest BCUT2D eigenvalue weighted by atomic mass is 10.2. The smallest absolute Gasteiger partial charge is 0.0830 e. The Morgan fingerprint density at radius 3 is 2.91 bits per heavy atom. The van der Waals surface area contributed by atoms with Gasteiger partial charge >= 0.3 is 0 Å². The van der Waals surface area contributed by atoms with Gasteiger partial charge in [-0.15, -0.1) is 5.73 Å². The molecule has 0 aliphatic carbocycles. The van der Waals surface area contributed by atoms with Crippen molar-refractivity contribution in [2.75, 3.05) is 0 Å². The number of aryl methyl sites for hydroxylation is 1. The first-order valence-corrected chi connectivity index (χ1v) is 3.31. The fraction of sp³-hybridized carbons (Fsp3) is 0.111. The van der Waals surface area contributed by atoms with E-state index in [9.17, 15) is 0 Å². The summed E-state index contributed by atoms with van der Waals surface area (Å²) < 4.78 is 0. The van der Waals surface area contributed by atoms with Crippen LogP contribution in [0, 0.1) is 6.92 Å². The van der Waals surface area contributed by atoms with Gasteiger partial charge in [-0.05, 0) is 18.6 Å². The average molecular weight is 146 g/mol. The molecule has 0 aromatic carbocycles. The van der Waals surface area contributed by atoms with Gasteiger partial charge in [0.25, 0.3) is 0 Å². The topological polar surface area (TPSA) is 38.9 Å². The van der Waals surface area contributed by atoms with Gasteiger partial charge in [0, 0.05) is 18.0 Å². The van der Waals surface area contributed by atoms with Crippen LogP contribution < -0.4 is 5.73 Å². The number of pyridine rings is 1. The molecule has 1 rings (SSSR count). The summed E-state index contributed by atoms with van der Waals surface area (Å²) in [6.45, 7) is 5.42. The Morgan fingerprint density at radius 2 is 2.36 bits per heavy atom. The van der Waals surface area contributed by atoms with E-state index in [0.717, 1.165) is 11.1 Å². The quantitative estimate of drug-likeness (QED) is 0.609. The molecular formula is C9H10N2. The molecule has 1 aromatic rings. The van der Waals surface area contributed by atoms with Gasteiger partial charge in [0.15, 0.2) is 0 Å². The zero-order chi connectivity index (χ0) is 8.27. The van der Waals surface area contributed by atoms with E-state index in [2.05, 4.69) is 17.3 Å². The van der Waals surface area contributed by atoms with Crippen LogP contribution >= 0.6 is 0 Å². The first kappa shape index (κ1) is 7.58. The fourth-order valence-corrected chi connectivity index (χ4v) is 0.804. The molecule has 0 unspecified atom stereocenters.